The van der Waals surface area contributed by atoms with E-state index in [0.29, 0.717) is 31.6 Å². The lowest BCUT2D eigenvalue weighted by Crippen LogP contribution is -2.30. The minimum atomic E-state index is -4.94. The van der Waals surface area contributed by atoms with Gasteiger partial charge in [0.1, 0.15) is 19.3 Å². The summed E-state index contributed by atoms with van der Waals surface area (Å²) >= 11 is 0. The average Bonchev–Trinajstić information content (AvgIpc) is 3.41. The zero-order chi connectivity index (χ0) is 59.4. The Kier molecular flexibility index (Phi) is 52.5. The average molecular weight is 1190 g/mol. The molecule has 0 rings (SSSR count). The highest BCUT2D eigenvalue weighted by molar-refractivity contribution is 7.47. The number of aliphatic hydroxyl groups excluding tert-OH is 1. The molecule has 80 heavy (non-hydrogen) atoms. The van der Waals surface area contributed by atoms with Crippen LogP contribution in [0.4, 0.5) is 0 Å². The fraction of sp³-hybridized carbons (Fsp3) is 0.934. The Balaban J connectivity index is 5.15. The van der Waals surface area contributed by atoms with Crippen LogP contribution in [0.2, 0.25) is 0 Å². The van der Waals surface area contributed by atoms with Gasteiger partial charge >= 0.3 is 39.5 Å². The number of unbranched alkanes of at least 4 members (excludes halogenated alkanes) is 30. The summed E-state index contributed by atoms with van der Waals surface area (Å²) in [6.07, 6.45) is 35.3. The molecule has 474 valence electrons. The number of aliphatic hydroxyl groups is 1. The van der Waals surface area contributed by atoms with Gasteiger partial charge in [-0.15, -0.1) is 0 Å². The topological polar surface area (TPSA) is 237 Å². The molecule has 3 N–H and O–H groups in total. The molecule has 0 radical (unpaired) electrons. The van der Waals surface area contributed by atoms with Crippen LogP contribution in [0.1, 0.15) is 298 Å². The van der Waals surface area contributed by atoms with Gasteiger partial charge in [0.25, 0.3) is 0 Å². The number of carbonyl (C=O) groups is 4. The van der Waals surface area contributed by atoms with E-state index in [1.54, 1.807) is 0 Å². The highest BCUT2D eigenvalue weighted by Crippen LogP contribution is 2.45. The van der Waals surface area contributed by atoms with E-state index in [1.807, 2.05) is 0 Å². The molecule has 0 aliphatic heterocycles. The van der Waals surface area contributed by atoms with Crippen molar-refractivity contribution in [3.63, 3.8) is 0 Å². The molecule has 0 aromatic rings. The molecule has 0 aliphatic carbocycles. The molecule has 0 bridgehead atoms. The Morgan fingerprint density at radius 3 is 0.850 bits per heavy atom. The Hall–Kier alpha value is -1.94. The van der Waals surface area contributed by atoms with Gasteiger partial charge in [0.2, 0.25) is 0 Å². The van der Waals surface area contributed by atoms with E-state index in [2.05, 4.69) is 41.5 Å². The van der Waals surface area contributed by atoms with Crippen LogP contribution in [0, 0.1) is 11.8 Å². The maximum atomic E-state index is 12.9. The van der Waals surface area contributed by atoms with Crippen LogP contribution in [-0.4, -0.2) is 96.7 Å². The monoisotopic (exact) mass is 1180 g/mol. The first-order chi connectivity index (χ1) is 38.4. The summed E-state index contributed by atoms with van der Waals surface area (Å²) in [4.78, 5) is 71.8. The number of hydrogen-bond donors (Lipinski definition) is 3. The maximum absolute atomic E-state index is 12.9. The number of hydrogen-bond acceptors (Lipinski definition) is 15. The third-order valence-electron chi connectivity index (χ3n) is 14.0. The van der Waals surface area contributed by atoms with Crippen molar-refractivity contribution < 1.29 is 80.2 Å². The predicted molar refractivity (Wildman–Crippen MR) is 317 cm³/mol. The van der Waals surface area contributed by atoms with Crippen molar-refractivity contribution in [1.29, 1.82) is 0 Å². The van der Waals surface area contributed by atoms with Crippen LogP contribution in [0.5, 0.6) is 0 Å². The van der Waals surface area contributed by atoms with Crippen molar-refractivity contribution in [2.24, 2.45) is 11.8 Å². The lowest BCUT2D eigenvalue weighted by atomic mass is 10.0. The molecule has 0 saturated carbocycles. The molecule has 0 heterocycles. The van der Waals surface area contributed by atoms with Gasteiger partial charge in [-0.2, -0.15) is 0 Å². The largest absolute Gasteiger partial charge is 0.472 e. The molecule has 0 aromatic heterocycles. The third kappa shape index (κ3) is 55.3. The van der Waals surface area contributed by atoms with Gasteiger partial charge in [0.15, 0.2) is 12.2 Å². The molecule has 0 spiro atoms. The summed E-state index contributed by atoms with van der Waals surface area (Å²) in [5, 5.41) is 10.5. The Morgan fingerprint density at radius 2 is 0.575 bits per heavy atom. The number of rotatable bonds is 60. The zero-order valence-electron chi connectivity index (χ0n) is 51.4. The van der Waals surface area contributed by atoms with E-state index in [0.717, 1.165) is 109 Å². The van der Waals surface area contributed by atoms with Crippen molar-refractivity contribution in [3.05, 3.63) is 0 Å². The first-order valence-corrected chi connectivity index (χ1v) is 35.0. The van der Waals surface area contributed by atoms with Crippen LogP contribution in [0.3, 0.4) is 0 Å². The standard InChI is InChI=1S/C61H118O17P2/c1-7-9-11-13-14-20-26-33-39-45-60(65)77-56(49-71-58(63)43-37-29-12-10-8-2)51-75-79(67,68)73-47-55(62)48-74-80(69,70)76-52-57(50-72-59(64)44-38-32-28-23-25-31-36-42-54(5)6)78-61(66)46-40-34-27-22-19-17-15-16-18-21-24-30-35-41-53(3)4/h53-57,62H,7-52H2,1-6H3,(H,67,68)(H,69,70)/t55-,56+,57+/m0/s1. The second-order valence-corrected chi connectivity index (χ2v) is 25.9. The maximum Gasteiger partial charge on any atom is 0.472 e. The number of phosphoric acid groups is 2. The van der Waals surface area contributed by atoms with Crippen LogP contribution in [-0.2, 0) is 65.4 Å². The summed E-state index contributed by atoms with van der Waals surface area (Å²) in [5.74, 6) is -0.659. The van der Waals surface area contributed by atoms with E-state index < -0.39 is 97.5 Å². The Morgan fingerprint density at radius 1 is 0.338 bits per heavy atom. The van der Waals surface area contributed by atoms with Crippen LogP contribution >= 0.6 is 15.6 Å². The van der Waals surface area contributed by atoms with Crippen molar-refractivity contribution in [2.45, 2.75) is 317 Å². The Bertz CT molecular complexity index is 1580. The fourth-order valence-corrected chi connectivity index (χ4v) is 10.6. The molecule has 2 unspecified atom stereocenters. The third-order valence-corrected chi connectivity index (χ3v) is 15.9. The fourth-order valence-electron chi connectivity index (χ4n) is 9.00. The lowest BCUT2D eigenvalue weighted by molar-refractivity contribution is -0.161. The minimum absolute atomic E-state index is 0.104. The number of phosphoric ester groups is 2. The van der Waals surface area contributed by atoms with Gasteiger partial charge in [0.05, 0.1) is 26.4 Å². The summed E-state index contributed by atoms with van der Waals surface area (Å²) in [7, 11) is -9.87. The van der Waals surface area contributed by atoms with Crippen LogP contribution < -0.4 is 0 Å². The van der Waals surface area contributed by atoms with Gasteiger partial charge in [-0.3, -0.25) is 37.3 Å². The molecule has 5 atom stereocenters. The second-order valence-electron chi connectivity index (χ2n) is 23.0. The number of carbonyl (C=O) groups excluding carboxylic acids is 4. The number of esters is 4. The minimum Gasteiger partial charge on any atom is -0.462 e. The summed E-state index contributed by atoms with van der Waals surface area (Å²) in [6, 6.07) is 0. The molecular weight excluding hydrogens is 1070 g/mol. The van der Waals surface area contributed by atoms with Crippen molar-refractivity contribution in [1.82, 2.24) is 0 Å². The molecular formula is C61H118O17P2. The van der Waals surface area contributed by atoms with E-state index in [4.69, 9.17) is 37.0 Å². The normalized spacial score (nSPS) is 14.4. The zero-order valence-corrected chi connectivity index (χ0v) is 53.2. The van der Waals surface area contributed by atoms with Crippen molar-refractivity contribution in [2.75, 3.05) is 39.6 Å². The molecule has 0 aliphatic rings. The molecule has 19 heteroatoms. The molecule has 0 fully saturated rings. The smallest absolute Gasteiger partial charge is 0.462 e. The molecule has 17 nitrogen and oxygen atoms in total. The van der Waals surface area contributed by atoms with Crippen LogP contribution in [0.25, 0.3) is 0 Å². The second kappa shape index (κ2) is 53.8. The van der Waals surface area contributed by atoms with Crippen molar-refractivity contribution >= 4 is 39.5 Å². The highest BCUT2D eigenvalue weighted by Gasteiger charge is 2.30. The summed E-state index contributed by atoms with van der Waals surface area (Å²) in [6.45, 7) is 9.33. The van der Waals surface area contributed by atoms with Crippen LogP contribution in [0.15, 0.2) is 0 Å². The van der Waals surface area contributed by atoms with E-state index >= 15 is 0 Å². The van der Waals surface area contributed by atoms with E-state index in [-0.39, 0.29) is 25.7 Å². The number of ether oxygens (including phenoxy) is 4. The first kappa shape index (κ1) is 78.1. The molecule has 0 saturated heterocycles. The summed E-state index contributed by atoms with van der Waals surface area (Å²) < 4.78 is 67.6. The Labute approximate surface area is 486 Å². The van der Waals surface area contributed by atoms with Crippen molar-refractivity contribution in [3.8, 4) is 0 Å². The SMILES string of the molecule is CCCCCCCCCCCC(=O)O[C@H](COC(=O)CCCCCCC)COP(=O)(O)OC[C@H](O)COP(=O)(O)OC[C@@H](COC(=O)CCCCCCCCCC(C)C)OC(=O)CCCCCCCCCCCCCCCC(C)C. The van der Waals surface area contributed by atoms with Gasteiger partial charge < -0.3 is 33.8 Å². The van der Waals surface area contributed by atoms with Gasteiger partial charge in [0, 0.05) is 25.7 Å². The molecule has 0 aromatic carbocycles. The molecule has 0 amide bonds. The van der Waals surface area contributed by atoms with E-state index in [1.165, 1.54) is 103 Å². The van der Waals surface area contributed by atoms with Gasteiger partial charge in [-0.05, 0) is 37.5 Å². The van der Waals surface area contributed by atoms with Gasteiger partial charge in [-0.1, -0.05) is 247 Å². The highest BCUT2D eigenvalue weighted by atomic mass is 31.2. The first-order valence-electron chi connectivity index (χ1n) is 32.0. The lowest BCUT2D eigenvalue weighted by Gasteiger charge is -2.21. The summed E-state index contributed by atoms with van der Waals surface area (Å²) in [5.41, 5.74) is 0. The van der Waals surface area contributed by atoms with E-state index in [9.17, 15) is 43.2 Å². The van der Waals surface area contributed by atoms with Gasteiger partial charge in [-0.25, -0.2) is 9.13 Å². The predicted octanol–water partition coefficient (Wildman–Crippen LogP) is 16.5. The quantitative estimate of drug-likeness (QED) is 0.0222.